The van der Waals surface area contributed by atoms with Crippen molar-refractivity contribution in [3.63, 3.8) is 0 Å². The third-order valence-corrected chi connectivity index (χ3v) is 14.9. The molecule has 0 saturated carbocycles. The Balaban J connectivity index is 1.20. The lowest BCUT2D eigenvalue weighted by Crippen LogP contribution is -2.37. The molecule has 6 heteroatoms. The first-order chi connectivity index (χ1) is 28.7. The van der Waals surface area contributed by atoms with Crippen molar-refractivity contribution in [2.75, 3.05) is 0 Å². The van der Waals surface area contributed by atoms with Gasteiger partial charge in [0.05, 0.1) is 11.6 Å². The van der Waals surface area contributed by atoms with Crippen molar-refractivity contribution in [1.29, 1.82) is 0 Å². The molecule has 8 aromatic rings. The lowest BCUT2D eigenvalue weighted by molar-refractivity contribution is 0.0189. The van der Waals surface area contributed by atoms with Crippen molar-refractivity contribution < 1.29 is 14.3 Å². The van der Waals surface area contributed by atoms with Crippen molar-refractivity contribution >= 4 is 59.5 Å². The fourth-order valence-electron chi connectivity index (χ4n) is 7.23. The van der Waals surface area contributed by atoms with Gasteiger partial charge in [-0.15, -0.1) is 0 Å². The Labute approximate surface area is 342 Å². The van der Waals surface area contributed by atoms with E-state index in [0.717, 1.165) is 43.0 Å². The number of hydrogen-bond acceptors (Lipinski definition) is 3. The van der Waals surface area contributed by atoms with Gasteiger partial charge in [-0.1, -0.05) is 218 Å². The fourth-order valence-corrected chi connectivity index (χ4v) is 12.1. The molecular weight excluding hydrogens is 749 g/mol. The smallest absolute Gasteiger partial charge is 0.339 e. The van der Waals surface area contributed by atoms with Crippen LogP contribution in [-0.2, 0) is 4.74 Å². The first-order valence-electron chi connectivity index (χ1n) is 19.3. The van der Waals surface area contributed by atoms with Crippen molar-refractivity contribution in [3.8, 4) is 0 Å². The summed E-state index contributed by atoms with van der Waals surface area (Å²) in [6.45, 7) is 0. The summed E-state index contributed by atoms with van der Waals surface area (Å²) in [4.78, 5) is 29.8. The summed E-state index contributed by atoms with van der Waals surface area (Å²) in [5.74, 6) is -0.714. The van der Waals surface area contributed by atoms with Gasteiger partial charge in [0, 0.05) is 5.56 Å². The minimum Gasteiger partial charge on any atom is -0.451 e. The largest absolute Gasteiger partial charge is 0.451 e. The van der Waals surface area contributed by atoms with Crippen LogP contribution in [0.3, 0.4) is 0 Å². The number of hydrogen-bond donors (Lipinski definition) is 1. The zero-order valence-electron chi connectivity index (χ0n) is 31.7. The number of ether oxygens (including phenoxy) is 1. The minimum atomic E-state index is -1.10. The van der Waals surface area contributed by atoms with Gasteiger partial charge in [0.25, 0.3) is 5.91 Å². The van der Waals surface area contributed by atoms with E-state index in [-0.39, 0.29) is 5.91 Å². The number of carbonyl (C=O) groups is 2. The average molecular weight is 790 g/mol. The molecule has 0 fully saturated rings. The summed E-state index contributed by atoms with van der Waals surface area (Å²) in [5.41, 5.74) is 2.64. The van der Waals surface area contributed by atoms with Gasteiger partial charge >= 0.3 is 5.97 Å². The van der Waals surface area contributed by atoms with E-state index in [1.807, 2.05) is 176 Å². The van der Waals surface area contributed by atoms with Gasteiger partial charge in [-0.3, -0.25) is 4.79 Å². The predicted octanol–water partition coefficient (Wildman–Crippen LogP) is 9.27. The van der Waals surface area contributed by atoms with E-state index in [1.165, 1.54) is 0 Å². The Morgan fingerprint density at radius 2 is 0.707 bits per heavy atom. The minimum absolute atomic E-state index is 0.252. The van der Waals surface area contributed by atoms with Gasteiger partial charge in [-0.25, -0.2) is 4.79 Å². The van der Waals surface area contributed by atoms with E-state index in [4.69, 9.17) is 4.74 Å². The van der Waals surface area contributed by atoms with Gasteiger partial charge in [-0.05, 0) is 70.9 Å². The molecule has 0 aliphatic rings. The molecule has 0 heterocycles. The monoisotopic (exact) mass is 789 g/mol. The Morgan fingerprint density at radius 1 is 0.379 bits per heavy atom. The summed E-state index contributed by atoms with van der Waals surface area (Å²) < 4.78 is 6.72. The molecule has 0 aromatic heterocycles. The highest BCUT2D eigenvalue weighted by molar-refractivity contribution is 7.80. The molecule has 1 amide bonds. The molecule has 0 saturated heterocycles. The zero-order chi connectivity index (χ0) is 39.5. The van der Waals surface area contributed by atoms with Crippen molar-refractivity contribution in [2.24, 2.45) is 0 Å². The molecule has 58 heavy (non-hydrogen) atoms. The standard InChI is InChI=1S/C52H41NO3P2/c54-51(45-35-19-21-37-47(45)57(41-27-11-3-12-28-41)42-29-13-4-14-30-42)53-49(39-23-7-1-8-24-39)50(40-25-9-2-10-26-40)56-52(55)46-36-20-22-38-48(46)58(43-31-15-5-16-32-43)44-33-17-6-18-34-44/h1-38,49-50H,(H,53,54)/t49-,50-/m0/s1. The van der Waals surface area contributed by atoms with Crippen LogP contribution in [0.4, 0.5) is 0 Å². The molecule has 0 aliphatic heterocycles. The third kappa shape index (κ3) is 8.75. The Morgan fingerprint density at radius 3 is 1.14 bits per heavy atom. The molecule has 4 nitrogen and oxygen atoms in total. The average Bonchev–Trinajstić information content (AvgIpc) is 3.30. The van der Waals surface area contributed by atoms with Crippen LogP contribution in [0.15, 0.2) is 231 Å². The van der Waals surface area contributed by atoms with Gasteiger partial charge in [0.2, 0.25) is 0 Å². The third-order valence-electron chi connectivity index (χ3n) is 9.92. The molecule has 0 bridgehead atoms. The van der Waals surface area contributed by atoms with Crippen LogP contribution in [-0.4, -0.2) is 11.9 Å². The van der Waals surface area contributed by atoms with E-state index in [1.54, 1.807) is 0 Å². The zero-order valence-corrected chi connectivity index (χ0v) is 33.5. The normalized spacial score (nSPS) is 12.1. The van der Waals surface area contributed by atoms with E-state index in [0.29, 0.717) is 11.1 Å². The second-order valence-electron chi connectivity index (χ2n) is 13.6. The number of carbonyl (C=O) groups excluding carboxylic acids is 2. The van der Waals surface area contributed by atoms with E-state index in [9.17, 15) is 9.59 Å². The fraction of sp³-hybridized carbons (Fsp3) is 0.0385. The Bertz CT molecular complexity index is 2300. The van der Waals surface area contributed by atoms with Gasteiger partial charge < -0.3 is 10.1 Å². The van der Waals surface area contributed by atoms with E-state index >= 15 is 0 Å². The first kappa shape index (κ1) is 38.4. The number of benzene rings is 8. The highest BCUT2D eigenvalue weighted by Crippen LogP contribution is 2.38. The molecule has 0 unspecified atom stereocenters. The molecule has 2 atom stereocenters. The van der Waals surface area contributed by atoms with Gasteiger partial charge in [-0.2, -0.15) is 0 Å². The quantitative estimate of drug-likeness (QED) is 0.0937. The molecular formula is C52H41NO3P2. The van der Waals surface area contributed by atoms with Crippen LogP contribution < -0.4 is 37.1 Å². The highest BCUT2D eigenvalue weighted by Gasteiger charge is 2.33. The van der Waals surface area contributed by atoms with E-state index in [2.05, 4.69) is 59.9 Å². The van der Waals surface area contributed by atoms with Crippen LogP contribution in [0.5, 0.6) is 0 Å². The van der Waals surface area contributed by atoms with Crippen molar-refractivity contribution in [1.82, 2.24) is 5.32 Å². The van der Waals surface area contributed by atoms with Crippen LogP contribution >= 0.6 is 15.8 Å². The maximum atomic E-state index is 14.9. The summed E-state index contributed by atoms with van der Waals surface area (Å²) >= 11 is 0. The summed E-state index contributed by atoms with van der Waals surface area (Å²) in [6.07, 6.45) is -0.871. The molecule has 8 aromatic carbocycles. The Kier molecular flexibility index (Phi) is 12.4. The number of amides is 1. The highest BCUT2D eigenvalue weighted by atomic mass is 31.1. The Hall–Kier alpha value is -6.44. The molecule has 1 N–H and O–H groups in total. The SMILES string of the molecule is O=C(N[C@@H](c1ccccc1)[C@@H](OC(=O)c1ccccc1P(c1ccccc1)c1ccccc1)c1ccccc1)c1ccccc1P(c1ccccc1)c1ccccc1. The number of nitrogens with one attached hydrogen (secondary N) is 1. The summed E-state index contributed by atoms with van der Waals surface area (Å²) in [6, 6.07) is 75.7. The number of rotatable bonds is 13. The maximum absolute atomic E-state index is 14.9. The van der Waals surface area contributed by atoms with Crippen LogP contribution in [0, 0.1) is 0 Å². The molecule has 8 rings (SSSR count). The first-order valence-corrected chi connectivity index (χ1v) is 21.9. The van der Waals surface area contributed by atoms with Crippen molar-refractivity contribution in [2.45, 2.75) is 12.1 Å². The van der Waals surface area contributed by atoms with Crippen LogP contribution in [0.2, 0.25) is 0 Å². The maximum Gasteiger partial charge on any atom is 0.339 e. The van der Waals surface area contributed by atoms with Crippen LogP contribution in [0.1, 0.15) is 44.0 Å². The second-order valence-corrected chi connectivity index (χ2v) is 18.0. The molecule has 0 spiro atoms. The van der Waals surface area contributed by atoms with Crippen LogP contribution in [0.25, 0.3) is 0 Å². The van der Waals surface area contributed by atoms with Crippen molar-refractivity contribution in [3.05, 3.63) is 253 Å². The topological polar surface area (TPSA) is 55.4 Å². The second kappa shape index (κ2) is 18.7. The van der Waals surface area contributed by atoms with E-state index < -0.39 is 34.0 Å². The lowest BCUT2D eigenvalue weighted by Gasteiger charge is -2.30. The van der Waals surface area contributed by atoms with Gasteiger partial charge in [0.1, 0.15) is 0 Å². The molecule has 282 valence electrons. The lowest BCUT2D eigenvalue weighted by atomic mass is 9.95. The van der Waals surface area contributed by atoms with Gasteiger partial charge in [0.15, 0.2) is 6.10 Å². The number of esters is 1. The molecule has 0 aliphatic carbocycles. The summed E-state index contributed by atoms with van der Waals surface area (Å²) in [7, 11) is -2.17. The molecule has 0 radical (unpaired) electrons. The summed E-state index contributed by atoms with van der Waals surface area (Å²) in [5, 5.41) is 9.77. The predicted molar refractivity (Wildman–Crippen MR) is 242 cm³/mol.